The number of benzene rings is 1. The summed E-state index contributed by atoms with van der Waals surface area (Å²) in [6.07, 6.45) is 10.5. The minimum absolute atomic E-state index is 0.0111. The van der Waals surface area contributed by atoms with Gasteiger partial charge in [0.1, 0.15) is 0 Å². The molecular weight excluding hydrogens is 290 g/mol. The van der Waals surface area contributed by atoms with Crippen LogP contribution < -0.4 is 14.8 Å². The van der Waals surface area contributed by atoms with Gasteiger partial charge in [0.15, 0.2) is 11.5 Å². The van der Waals surface area contributed by atoms with Crippen LogP contribution in [0.5, 0.6) is 11.5 Å². The SMILES string of the molecule is CC(C)CNC(=O)/C=C/CC/C=C/Cc1ccc2c(c1)OCO2. The van der Waals surface area contributed by atoms with Crippen molar-refractivity contribution in [2.24, 2.45) is 5.92 Å². The number of hydrogen-bond acceptors (Lipinski definition) is 3. The Hall–Kier alpha value is -2.23. The topological polar surface area (TPSA) is 47.6 Å². The van der Waals surface area contributed by atoms with Gasteiger partial charge in [-0.3, -0.25) is 4.79 Å². The van der Waals surface area contributed by atoms with E-state index in [4.69, 9.17) is 9.47 Å². The van der Waals surface area contributed by atoms with Gasteiger partial charge in [-0.15, -0.1) is 0 Å². The van der Waals surface area contributed by atoms with Crippen LogP contribution in [0.1, 0.15) is 32.3 Å². The van der Waals surface area contributed by atoms with Gasteiger partial charge in [0.05, 0.1) is 0 Å². The van der Waals surface area contributed by atoms with Crippen LogP contribution in [0, 0.1) is 5.92 Å². The fourth-order valence-electron chi connectivity index (χ4n) is 2.15. The number of carbonyl (C=O) groups is 1. The van der Waals surface area contributed by atoms with Gasteiger partial charge in [-0.05, 0) is 49.0 Å². The standard InChI is InChI=1S/C19H25NO3/c1-15(2)13-20-19(21)9-7-5-3-4-6-8-16-10-11-17-18(12-16)23-14-22-17/h4,6-7,9-12,15H,3,5,8,13-14H2,1-2H3,(H,20,21)/b6-4+,9-7+. The fourth-order valence-corrected chi connectivity index (χ4v) is 2.15. The maximum atomic E-state index is 11.5. The number of nitrogens with one attached hydrogen (secondary N) is 1. The summed E-state index contributed by atoms with van der Waals surface area (Å²) in [5, 5.41) is 2.86. The predicted octanol–water partition coefficient (Wildman–Crippen LogP) is 3.62. The Morgan fingerprint density at radius 2 is 1.96 bits per heavy atom. The third kappa shape index (κ3) is 6.19. The maximum absolute atomic E-state index is 11.5. The summed E-state index contributed by atoms with van der Waals surface area (Å²) >= 11 is 0. The lowest BCUT2D eigenvalue weighted by Gasteiger charge is -2.03. The van der Waals surface area contributed by atoms with Crippen LogP contribution in [0.25, 0.3) is 0 Å². The molecule has 0 unspecified atom stereocenters. The minimum Gasteiger partial charge on any atom is -0.454 e. The van der Waals surface area contributed by atoms with Crippen LogP contribution in [0.2, 0.25) is 0 Å². The maximum Gasteiger partial charge on any atom is 0.243 e. The number of unbranched alkanes of at least 4 members (excludes halogenated alkanes) is 1. The van der Waals surface area contributed by atoms with E-state index in [2.05, 4.69) is 37.4 Å². The van der Waals surface area contributed by atoms with Crippen LogP contribution in [0.3, 0.4) is 0 Å². The molecule has 23 heavy (non-hydrogen) atoms. The van der Waals surface area contributed by atoms with Crippen molar-refractivity contribution in [3.8, 4) is 11.5 Å². The highest BCUT2D eigenvalue weighted by atomic mass is 16.7. The van der Waals surface area contributed by atoms with E-state index in [-0.39, 0.29) is 5.91 Å². The normalized spacial score (nSPS) is 13.3. The van der Waals surface area contributed by atoms with Gasteiger partial charge in [0.25, 0.3) is 0 Å². The first-order valence-electron chi connectivity index (χ1n) is 8.13. The average Bonchev–Trinajstić information content (AvgIpc) is 2.99. The first-order chi connectivity index (χ1) is 11.1. The number of amides is 1. The van der Waals surface area contributed by atoms with Crippen LogP contribution in [0.15, 0.2) is 42.5 Å². The number of allylic oxidation sites excluding steroid dienone is 3. The Balaban J connectivity index is 1.62. The molecule has 0 spiro atoms. The molecule has 0 fully saturated rings. The van der Waals surface area contributed by atoms with Crippen molar-refractivity contribution < 1.29 is 14.3 Å². The lowest BCUT2D eigenvalue weighted by Crippen LogP contribution is -2.25. The lowest BCUT2D eigenvalue weighted by atomic mass is 10.1. The number of hydrogen-bond donors (Lipinski definition) is 1. The summed E-state index contributed by atoms with van der Waals surface area (Å²) in [4.78, 5) is 11.5. The van der Waals surface area contributed by atoms with E-state index in [9.17, 15) is 4.79 Å². The average molecular weight is 315 g/mol. The molecule has 124 valence electrons. The van der Waals surface area contributed by atoms with Gasteiger partial charge in [-0.25, -0.2) is 0 Å². The van der Waals surface area contributed by atoms with Crippen molar-refractivity contribution in [1.82, 2.24) is 5.32 Å². The molecule has 0 aliphatic carbocycles. The zero-order valence-corrected chi connectivity index (χ0v) is 13.9. The quantitative estimate of drug-likeness (QED) is 0.453. The highest BCUT2D eigenvalue weighted by molar-refractivity contribution is 5.87. The van der Waals surface area contributed by atoms with Crippen LogP contribution in [-0.4, -0.2) is 19.2 Å². The number of fused-ring (bicyclic) bond motifs is 1. The third-order valence-electron chi connectivity index (χ3n) is 3.41. The van der Waals surface area contributed by atoms with Gasteiger partial charge in [0.2, 0.25) is 12.7 Å². The van der Waals surface area contributed by atoms with Crippen molar-refractivity contribution in [3.05, 3.63) is 48.1 Å². The summed E-state index contributed by atoms with van der Waals surface area (Å²) in [6.45, 7) is 5.19. The molecule has 1 heterocycles. The molecule has 1 aromatic rings. The Morgan fingerprint density at radius 1 is 1.17 bits per heavy atom. The number of carbonyl (C=O) groups excluding carboxylic acids is 1. The Kier molecular flexibility index (Phi) is 6.73. The highest BCUT2D eigenvalue weighted by Crippen LogP contribution is 2.32. The largest absolute Gasteiger partial charge is 0.454 e. The number of ether oxygens (including phenoxy) is 2. The molecule has 4 nitrogen and oxygen atoms in total. The van der Waals surface area contributed by atoms with Crippen molar-refractivity contribution >= 4 is 5.91 Å². The second-order valence-corrected chi connectivity index (χ2v) is 5.98. The van der Waals surface area contributed by atoms with Crippen molar-refractivity contribution in [2.75, 3.05) is 13.3 Å². The smallest absolute Gasteiger partial charge is 0.243 e. The second-order valence-electron chi connectivity index (χ2n) is 5.98. The molecule has 0 aromatic heterocycles. The highest BCUT2D eigenvalue weighted by Gasteiger charge is 2.12. The van der Waals surface area contributed by atoms with Crippen molar-refractivity contribution in [3.63, 3.8) is 0 Å². The molecule has 0 atom stereocenters. The molecular formula is C19H25NO3. The Bertz CT molecular complexity index is 576. The van der Waals surface area contributed by atoms with E-state index < -0.39 is 0 Å². The zero-order chi connectivity index (χ0) is 16.5. The van der Waals surface area contributed by atoms with Crippen LogP contribution >= 0.6 is 0 Å². The minimum atomic E-state index is -0.0111. The summed E-state index contributed by atoms with van der Waals surface area (Å²) in [5.74, 6) is 2.11. The molecule has 2 rings (SSSR count). The third-order valence-corrected chi connectivity index (χ3v) is 3.41. The number of rotatable bonds is 8. The van der Waals surface area contributed by atoms with Crippen LogP contribution in [0.4, 0.5) is 0 Å². The zero-order valence-electron chi connectivity index (χ0n) is 13.9. The predicted molar refractivity (Wildman–Crippen MR) is 91.6 cm³/mol. The molecule has 1 amide bonds. The second kappa shape index (κ2) is 9.03. The van der Waals surface area contributed by atoms with E-state index in [0.717, 1.165) is 37.3 Å². The Labute approximate surface area is 138 Å². The molecule has 0 bridgehead atoms. The fraction of sp³-hybridized carbons (Fsp3) is 0.421. The van der Waals surface area contributed by atoms with Gasteiger partial charge in [-0.2, -0.15) is 0 Å². The molecule has 0 saturated carbocycles. The van der Waals surface area contributed by atoms with Gasteiger partial charge < -0.3 is 14.8 Å². The summed E-state index contributed by atoms with van der Waals surface area (Å²) in [5.41, 5.74) is 1.20. The summed E-state index contributed by atoms with van der Waals surface area (Å²) in [7, 11) is 0. The van der Waals surface area contributed by atoms with Crippen LogP contribution in [-0.2, 0) is 11.2 Å². The molecule has 1 aliphatic heterocycles. The van der Waals surface area contributed by atoms with Gasteiger partial charge >= 0.3 is 0 Å². The van der Waals surface area contributed by atoms with Gasteiger partial charge in [0, 0.05) is 6.54 Å². The van der Waals surface area contributed by atoms with E-state index in [0.29, 0.717) is 12.7 Å². The summed E-state index contributed by atoms with van der Waals surface area (Å²) < 4.78 is 10.7. The summed E-state index contributed by atoms with van der Waals surface area (Å²) in [6, 6.07) is 6.02. The molecule has 1 aromatic carbocycles. The van der Waals surface area contributed by atoms with Crippen molar-refractivity contribution in [2.45, 2.75) is 33.1 Å². The lowest BCUT2D eigenvalue weighted by molar-refractivity contribution is -0.116. The van der Waals surface area contributed by atoms with E-state index in [1.54, 1.807) is 6.08 Å². The molecule has 1 aliphatic rings. The van der Waals surface area contributed by atoms with Crippen molar-refractivity contribution in [1.29, 1.82) is 0 Å². The molecule has 0 radical (unpaired) electrons. The molecule has 4 heteroatoms. The van der Waals surface area contributed by atoms with E-state index in [1.165, 1.54) is 5.56 Å². The van der Waals surface area contributed by atoms with Gasteiger partial charge in [-0.1, -0.05) is 38.1 Å². The monoisotopic (exact) mass is 315 g/mol. The van der Waals surface area contributed by atoms with E-state index in [1.807, 2.05) is 18.2 Å². The molecule has 1 N–H and O–H groups in total. The molecule has 0 saturated heterocycles. The van der Waals surface area contributed by atoms with E-state index >= 15 is 0 Å². The Morgan fingerprint density at radius 3 is 2.78 bits per heavy atom. The first kappa shape index (κ1) is 17.1. The first-order valence-corrected chi connectivity index (χ1v) is 8.13.